The number of halogens is 3. The van der Waals surface area contributed by atoms with Gasteiger partial charge in [-0.15, -0.1) is 0 Å². The van der Waals surface area contributed by atoms with Gasteiger partial charge in [-0.1, -0.05) is 31.9 Å². The normalized spacial score (nSPS) is 9.93. The summed E-state index contributed by atoms with van der Waals surface area (Å²) in [6, 6.07) is 5.51. The standard InChI is InChI=1S/C9H8Br3NO/c10-3-4-13-9(14)7-5-6(11)1-2-8(7)12/h1-2,5H,3-4H2,(H,13,14). The Labute approximate surface area is 108 Å². The van der Waals surface area contributed by atoms with E-state index >= 15 is 0 Å². The molecule has 0 atom stereocenters. The Bertz CT molecular complexity index is 341. The second-order valence-corrected chi connectivity index (χ2v) is 5.13. The molecule has 0 saturated heterocycles. The fourth-order valence-corrected chi connectivity index (χ4v) is 1.91. The van der Waals surface area contributed by atoms with Gasteiger partial charge in [-0.3, -0.25) is 4.79 Å². The average Bonchev–Trinajstić information content (AvgIpc) is 2.18. The smallest absolute Gasteiger partial charge is 0.252 e. The molecule has 0 bridgehead atoms. The van der Waals surface area contributed by atoms with Gasteiger partial charge < -0.3 is 5.32 Å². The first-order valence-corrected chi connectivity index (χ1v) is 6.65. The molecule has 0 heterocycles. The van der Waals surface area contributed by atoms with Crippen LogP contribution < -0.4 is 5.32 Å². The first-order valence-electron chi connectivity index (χ1n) is 3.94. The Kier molecular flexibility index (Phi) is 5.12. The van der Waals surface area contributed by atoms with E-state index in [0.29, 0.717) is 12.1 Å². The minimum atomic E-state index is -0.0716. The Balaban J connectivity index is 2.83. The average molecular weight is 386 g/mol. The molecule has 0 unspecified atom stereocenters. The number of benzene rings is 1. The van der Waals surface area contributed by atoms with Crippen molar-refractivity contribution in [2.24, 2.45) is 0 Å². The van der Waals surface area contributed by atoms with Crippen LogP contribution in [0.15, 0.2) is 27.1 Å². The van der Waals surface area contributed by atoms with Gasteiger partial charge in [0.2, 0.25) is 0 Å². The maximum atomic E-state index is 11.6. The van der Waals surface area contributed by atoms with Crippen LogP contribution in [-0.4, -0.2) is 17.8 Å². The van der Waals surface area contributed by atoms with E-state index in [-0.39, 0.29) is 5.91 Å². The minimum Gasteiger partial charge on any atom is -0.351 e. The molecule has 0 fully saturated rings. The lowest BCUT2D eigenvalue weighted by Gasteiger charge is -2.05. The summed E-state index contributed by atoms with van der Waals surface area (Å²) in [5.74, 6) is -0.0716. The zero-order valence-electron chi connectivity index (χ0n) is 7.19. The first kappa shape index (κ1) is 12.2. The summed E-state index contributed by atoms with van der Waals surface area (Å²) in [7, 11) is 0. The zero-order chi connectivity index (χ0) is 10.6. The quantitative estimate of drug-likeness (QED) is 0.794. The van der Waals surface area contributed by atoms with Gasteiger partial charge >= 0.3 is 0 Å². The Morgan fingerprint density at radius 1 is 1.36 bits per heavy atom. The number of rotatable bonds is 3. The molecule has 0 aliphatic rings. The fourth-order valence-electron chi connectivity index (χ4n) is 0.928. The molecule has 2 nitrogen and oxygen atoms in total. The molecule has 0 radical (unpaired) electrons. The zero-order valence-corrected chi connectivity index (χ0v) is 11.9. The van der Waals surface area contributed by atoms with Gasteiger partial charge in [-0.05, 0) is 34.1 Å². The van der Waals surface area contributed by atoms with Crippen LogP contribution in [0.2, 0.25) is 0 Å². The third-order valence-electron chi connectivity index (χ3n) is 1.55. The summed E-state index contributed by atoms with van der Waals surface area (Å²) >= 11 is 9.90. The second kappa shape index (κ2) is 5.88. The third kappa shape index (κ3) is 3.37. The summed E-state index contributed by atoms with van der Waals surface area (Å²) in [5.41, 5.74) is 0.639. The maximum absolute atomic E-state index is 11.6. The molecule has 0 spiro atoms. The van der Waals surface area contributed by atoms with Crippen molar-refractivity contribution in [1.82, 2.24) is 5.32 Å². The summed E-state index contributed by atoms with van der Waals surface area (Å²) in [6.45, 7) is 0.623. The van der Waals surface area contributed by atoms with Crippen LogP contribution in [0, 0.1) is 0 Å². The van der Waals surface area contributed by atoms with Crippen LogP contribution in [0.25, 0.3) is 0 Å². The largest absolute Gasteiger partial charge is 0.351 e. The molecule has 1 N–H and O–H groups in total. The Morgan fingerprint density at radius 3 is 2.71 bits per heavy atom. The van der Waals surface area contributed by atoms with Crippen molar-refractivity contribution in [3.8, 4) is 0 Å². The van der Waals surface area contributed by atoms with E-state index in [1.54, 1.807) is 6.07 Å². The highest BCUT2D eigenvalue weighted by Crippen LogP contribution is 2.21. The number of amides is 1. The molecule has 1 aromatic carbocycles. The van der Waals surface area contributed by atoms with Gasteiger partial charge in [0.05, 0.1) is 5.56 Å². The number of carbonyl (C=O) groups excluding carboxylic acids is 1. The molecule has 0 aliphatic heterocycles. The third-order valence-corrected chi connectivity index (χ3v) is 3.13. The number of nitrogens with one attached hydrogen (secondary N) is 1. The number of carbonyl (C=O) groups is 1. The SMILES string of the molecule is O=C(NCCBr)c1cc(Br)ccc1Br. The first-order chi connectivity index (χ1) is 6.65. The highest BCUT2D eigenvalue weighted by molar-refractivity contribution is 9.11. The lowest BCUT2D eigenvalue weighted by molar-refractivity contribution is 0.0955. The van der Waals surface area contributed by atoms with Crippen LogP contribution in [0.4, 0.5) is 0 Å². The molecule has 0 aliphatic carbocycles. The number of hydrogen-bond donors (Lipinski definition) is 1. The van der Waals surface area contributed by atoms with E-state index in [1.807, 2.05) is 12.1 Å². The van der Waals surface area contributed by atoms with Crippen LogP contribution >= 0.6 is 47.8 Å². The van der Waals surface area contributed by atoms with Crippen LogP contribution in [0.5, 0.6) is 0 Å². The monoisotopic (exact) mass is 383 g/mol. The minimum absolute atomic E-state index is 0.0716. The van der Waals surface area contributed by atoms with E-state index in [0.717, 1.165) is 14.3 Å². The number of hydrogen-bond acceptors (Lipinski definition) is 1. The van der Waals surface area contributed by atoms with Gasteiger partial charge in [0.25, 0.3) is 5.91 Å². The van der Waals surface area contributed by atoms with Gasteiger partial charge in [0.1, 0.15) is 0 Å². The van der Waals surface area contributed by atoms with Crippen molar-refractivity contribution in [3.63, 3.8) is 0 Å². The van der Waals surface area contributed by atoms with E-state index < -0.39 is 0 Å². The molecule has 1 amide bonds. The predicted molar refractivity (Wildman–Crippen MR) is 68.0 cm³/mol. The van der Waals surface area contributed by atoms with Crippen LogP contribution in [0.1, 0.15) is 10.4 Å². The van der Waals surface area contributed by atoms with Crippen molar-refractivity contribution in [2.45, 2.75) is 0 Å². The lowest BCUT2D eigenvalue weighted by atomic mass is 10.2. The predicted octanol–water partition coefficient (Wildman–Crippen LogP) is 3.34. The van der Waals surface area contributed by atoms with Gasteiger partial charge in [0, 0.05) is 20.8 Å². The Morgan fingerprint density at radius 2 is 2.07 bits per heavy atom. The topological polar surface area (TPSA) is 29.1 Å². The Hall–Kier alpha value is 0.130. The summed E-state index contributed by atoms with van der Waals surface area (Å²) in [5, 5.41) is 3.53. The van der Waals surface area contributed by atoms with E-state index in [9.17, 15) is 4.79 Å². The molecule has 1 rings (SSSR count). The second-order valence-electron chi connectivity index (χ2n) is 2.57. The summed E-state index contributed by atoms with van der Waals surface area (Å²) < 4.78 is 1.69. The van der Waals surface area contributed by atoms with Crippen molar-refractivity contribution in [2.75, 3.05) is 11.9 Å². The molecule has 0 aromatic heterocycles. The molecule has 76 valence electrons. The van der Waals surface area contributed by atoms with E-state index in [2.05, 4.69) is 53.1 Å². The van der Waals surface area contributed by atoms with E-state index in [4.69, 9.17) is 0 Å². The van der Waals surface area contributed by atoms with Crippen LogP contribution in [-0.2, 0) is 0 Å². The van der Waals surface area contributed by atoms with Gasteiger partial charge in [-0.2, -0.15) is 0 Å². The summed E-state index contributed by atoms with van der Waals surface area (Å²) in [6.07, 6.45) is 0. The van der Waals surface area contributed by atoms with Crippen molar-refractivity contribution in [1.29, 1.82) is 0 Å². The molecule has 14 heavy (non-hydrogen) atoms. The highest BCUT2D eigenvalue weighted by atomic mass is 79.9. The van der Waals surface area contributed by atoms with Crippen LogP contribution in [0.3, 0.4) is 0 Å². The molecular formula is C9H8Br3NO. The van der Waals surface area contributed by atoms with Gasteiger partial charge in [-0.25, -0.2) is 0 Å². The maximum Gasteiger partial charge on any atom is 0.252 e. The van der Waals surface area contributed by atoms with Gasteiger partial charge in [0.15, 0.2) is 0 Å². The highest BCUT2D eigenvalue weighted by Gasteiger charge is 2.09. The molecule has 1 aromatic rings. The van der Waals surface area contributed by atoms with E-state index in [1.165, 1.54) is 0 Å². The summed E-state index contributed by atoms with van der Waals surface area (Å²) in [4.78, 5) is 11.6. The fraction of sp³-hybridized carbons (Fsp3) is 0.222. The lowest BCUT2D eigenvalue weighted by Crippen LogP contribution is -2.25. The van der Waals surface area contributed by atoms with Crippen molar-refractivity contribution < 1.29 is 4.79 Å². The molecule has 0 saturated carbocycles. The van der Waals surface area contributed by atoms with Crippen molar-refractivity contribution >= 4 is 53.7 Å². The number of alkyl halides is 1. The molecular weight excluding hydrogens is 378 g/mol. The van der Waals surface area contributed by atoms with Crippen molar-refractivity contribution in [3.05, 3.63) is 32.7 Å². The molecule has 5 heteroatoms.